The Morgan fingerprint density at radius 2 is 1.67 bits per heavy atom. The lowest BCUT2D eigenvalue weighted by atomic mass is 10.0. The zero-order valence-corrected chi connectivity index (χ0v) is 11.1. The summed E-state index contributed by atoms with van der Waals surface area (Å²) in [4.78, 5) is 0. The third-order valence-electron chi connectivity index (χ3n) is 3.02. The maximum atomic E-state index is 5.84. The van der Waals surface area contributed by atoms with E-state index in [2.05, 4.69) is 56.3 Å². The third-order valence-corrected chi connectivity index (χ3v) is 3.02. The first-order valence-electron chi connectivity index (χ1n) is 6.66. The molecule has 94 valence electrons. The van der Waals surface area contributed by atoms with Gasteiger partial charge in [-0.1, -0.05) is 56.3 Å². The monoisotopic (exact) mass is 240 g/mol. The second kappa shape index (κ2) is 6.25. The first kappa shape index (κ1) is 12.7. The van der Waals surface area contributed by atoms with E-state index in [1.807, 2.05) is 6.07 Å². The number of ether oxygens (including phenoxy) is 1. The summed E-state index contributed by atoms with van der Waals surface area (Å²) in [6.45, 7) is 5.08. The first-order chi connectivity index (χ1) is 8.85. The minimum atomic E-state index is 0.783. The van der Waals surface area contributed by atoms with Gasteiger partial charge in [-0.15, -0.1) is 0 Å². The maximum Gasteiger partial charge on any atom is 0.123 e. The summed E-state index contributed by atoms with van der Waals surface area (Å²) in [7, 11) is 0. The summed E-state index contributed by atoms with van der Waals surface area (Å²) < 4.78 is 5.84. The van der Waals surface area contributed by atoms with E-state index in [1.165, 1.54) is 16.7 Å². The van der Waals surface area contributed by atoms with Crippen molar-refractivity contribution in [3.05, 3.63) is 54.1 Å². The largest absolute Gasteiger partial charge is 0.493 e. The van der Waals surface area contributed by atoms with Gasteiger partial charge in [0, 0.05) is 0 Å². The van der Waals surface area contributed by atoms with Gasteiger partial charge >= 0.3 is 0 Å². The highest BCUT2D eigenvalue weighted by Gasteiger charge is 2.05. The predicted molar refractivity (Wildman–Crippen MR) is 77.0 cm³/mol. The molecule has 0 aliphatic rings. The molecule has 0 saturated heterocycles. The molecule has 0 aliphatic carbocycles. The molecule has 2 rings (SSSR count). The highest BCUT2D eigenvalue weighted by molar-refractivity contribution is 5.66. The number of hydrogen-bond donors (Lipinski definition) is 0. The lowest BCUT2D eigenvalue weighted by Crippen LogP contribution is -1.98. The summed E-state index contributed by atoms with van der Waals surface area (Å²) in [6, 6.07) is 16.9. The lowest BCUT2D eigenvalue weighted by molar-refractivity contribution is 0.314. The summed E-state index contributed by atoms with van der Waals surface area (Å²) in [5, 5.41) is 0. The van der Waals surface area contributed by atoms with Crippen molar-refractivity contribution in [2.24, 2.45) is 0 Å². The van der Waals surface area contributed by atoms with Gasteiger partial charge in [-0.2, -0.15) is 0 Å². The van der Waals surface area contributed by atoms with Crippen molar-refractivity contribution in [1.82, 2.24) is 0 Å². The van der Waals surface area contributed by atoms with Crippen LogP contribution in [-0.2, 0) is 6.42 Å². The van der Waals surface area contributed by atoms with E-state index in [0.29, 0.717) is 0 Å². The van der Waals surface area contributed by atoms with Crippen LogP contribution in [0.3, 0.4) is 0 Å². The molecule has 1 heteroatoms. The van der Waals surface area contributed by atoms with Crippen LogP contribution < -0.4 is 4.74 Å². The molecule has 0 saturated carbocycles. The van der Waals surface area contributed by atoms with Crippen LogP contribution in [0, 0.1) is 0 Å². The van der Waals surface area contributed by atoms with E-state index >= 15 is 0 Å². The number of benzene rings is 2. The van der Waals surface area contributed by atoms with Gasteiger partial charge in [0.25, 0.3) is 0 Å². The van der Waals surface area contributed by atoms with Crippen LogP contribution in [0.4, 0.5) is 0 Å². The van der Waals surface area contributed by atoms with Crippen molar-refractivity contribution in [3.63, 3.8) is 0 Å². The summed E-state index contributed by atoms with van der Waals surface area (Å²) in [5.41, 5.74) is 3.74. The van der Waals surface area contributed by atoms with Crippen molar-refractivity contribution in [3.8, 4) is 16.9 Å². The molecule has 0 aromatic heterocycles. The Bertz CT molecular complexity index is 488. The number of aryl methyl sites for hydroxylation is 1. The van der Waals surface area contributed by atoms with E-state index in [-0.39, 0.29) is 0 Å². The highest BCUT2D eigenvalue weighted by Crippen LogP contribution is 2.27. The smallest absolute Gasteiger partial charge is 0.123 e. The van der Waals surface area contributed by atoms with Crippen LogP contribution in [-0.4, -0.2) is 6.61 Å². The van der Waals surface area contributed by atoms with Crippen molar-refractivity contribution >= 4 is 0 Å². The third kappa shape index (κ3) is 2.92. The first-order valence-corrected chi connectivity index (χ1v) is 6.66. The van der Waals surface area contributed by atoms with E-state index in [9.17, 15) is 0 Å². The highest BCUT2D eigenvalue weighted by atomic mass is 16.5. The average Bonchev–Trinajstić information content (AvgIpc) is 2.45. The molecule has 0 unspecified atom stereocenters. The molecule has 2 aromatic carbocycles. The molecule has 0 bridgehead atoms. The van der Waals surface area contributed by atoms with Crippen LogP contribution in [0.2, 0.25) is 0 Å². The van der Waals surface area contributed by atoms with Crippen LogP contribution in [0.5, 0.6) is 5.75 Å². The second-order valence-electron chi connectivity index (χ2n) is 4.39. The van der Waals surface area contributed by atoms with Gasteiger partial charge in [0.05, 0.1) is 6.61 Å². The number of rotatable bonds is 5. The fraction of sp³-hybridized carbons (Fsp3) is 0.294. The fourth-order valence-electron chi connectivity index (χ4n) is 2.00. The molecule has 1 nitrogen and oxygen atoms in total. The van der Waals surface area contributed by atoms with Gasteiger partial charge in [-0.25, -0.2) is 0 Å². The van der Waals surface area contributed by atoms with Crippen molar-refractivity contribution in [2.75, 3.05) is 6.61 Å². The van der Waals surface area contributed by atoms with Crippen molar-refractivity contribution in [1.29, 1.82) is 0 Å². The standard InChI is InChI=1S/C17H20O/c1-3-12-18-17-13-16(11-10-14(17)4-2)15-8-6-5-7-9-15/h5-11,13H,3-4,12H2,1-2H3. The van der Waals surface area contributed by atoms with Gasteiger partial charge in [0.15, 0.2) is 0 Å². The Morgan fingerprint density at radius 3 is 2.33 bits per heavy atom. The summed E-state index contributed by atoms with van der Waals surface area (Å²) >= 11 is 0. The van der Waals surface area contributed by atoms with Gasteiger partial charge in [-0.05, 0) is 35.6 Å². The molecule has 0 N–H and O–H groups in total. The Labute approximate surface area is 109 Å². The minimum Gasteiger partial charge on any atom is -0.493 e. The second-order valence-corrected chi connectivity index (χ2v) is 4.39. The molecular formula is C17H20O. The molecule has 2 aromatic rings. The van der Waals surface area contributed by atoms with Crippen LogP contribution in [0.25, 0.3) is 11.1 Å². The quantitative estimate of drug-likeness (QED) is 0.735. The molecule has 0 heterocycles. The Kier molecular flexibility index (Phi) is 4.40. The van der Waals surface area contributed by atoms with Gasteiger partial charge in [0.1, 0.15) is 5.75 Å². The molecule has 0 fully saturated rings. The molecule has 0 atom stereocenters. The van der Waals surface area contributed by atoms with Gasteiger partial charge in [-0.3, -0.25) is 0 Å². The average molecular weight is 240 g/mol. The minimum absolute atomic E-state index is 0.783. The Hall–Kier alpha value is -1.76. The molecule has 18 heavy (non-hydrogen) atoms. The van der Waals surface area contributed by atoms with Crippen LogP contribution in [0.1, 0.15) is 25.8 Å². The van der Waals surface area contributed by atoms with Crippen molar-refractivity contribution < 1.29 is 4.74 Å². The molecule has 0 aliphatic heterocycles. The van der Waals surface area contributed by atoms with Gasteiger partial charge < -0.3 is 4.74 Å². The summed E-state index contributed by atoms with van der Waals surface area (Å²) in [5.74, 6) is 1.03. The van der Waals surface area contributed by atoms with Crippen LogP contribution in [0.15, 0.2) is 48.5 Å². The molecule has 0 spiro atoms. The van der Waals surface area contributed by atoms with E-state index in [1.54, 1.807) is 0 Å². The SMILES string of the molecule is CCCOc1cc(-c2ccccc2)ccc1CC. The predicted octanol–water partition coefficient (Wildman–Crippen LogP) is 4.70. The lowest BCUT2D eigenvalue weighted by Gasteiger charge is -2.12. The Balaban J connectivity index is 2.33. The number of hydrogen-bond acceptors (Lipinski definition) is 1. The van der Waals surface area contributed by atoms with Crippen molar-refractivity contribution in [2.45, 2.75) is 26.7 Å². The molecular weight excluding hydrogens is 220 g/mol. The summed E-state index contributed by atoms with van der Waals surface area (Å²) in [6.07, 6.45) is 2.05. The zero-order valence-electron chi connectivity index (χ0n) is 11.1. The molecule has 0 amide bonds. The molecule has 0 radical (unpaired) electrons. The fourth-order valence-corrected chi connectivity index (χ4v) is 2.00. The van der Waals surface area contributed by atoms with Gasteiger partial charge in [0.2, 0.25) is 0 Å². The normalized spacial score (nSPS) is 10.3. The maximum absolute atomic E-state index is 5.84. The van der Waals surface area contributed by atoms with E-state index in [4.69, 9.17) is 4.74 Å². The topological polar surface area (TPSA) is 9.23 Å². The Morgan fingerprint density at radius 1 is 0.889 bits per heavy atom. The van der Waals surface area contributed by atoms with E-state index < -0.39 is 0 Å². The van der Waals surface area contributed by atoms with E-state index in [0.717, 1.165) is 25.2 Å². The zero-order chi connectivity index (χ0) is 12.8. The van der Waals surface area contributed by atoms with Crippen LogP contribution >= 0.6 is 0 Å².